The van der Waals surface area contributed by atoms with Crippen LogP contribution < -0.4 is 0 Å². The van der Waals surface area contributed by atoms with E-state index in [1.54, 1.807) is 0 Å². The van der Waals surface area contributed by atoms with Crippen molar-refractivity contribution in [1.29, 1.82) is 5.26 Å². The number of hydrogen-bond acceptors (Lipinski definition) is 1. The number of hydrogen-bond donors (Lipinski definition) is 0. The molecule has 0 saturated heterocycles. The van der Waals surface area contributed by atoms with E-state index in [4.69, 9.17) is 5.26 Å². The second kappa shape index (κ2) is 1.87. The zero-order valence-corrected chi connectivity index (χ0v) is 4.46. The molecule has 0 aliphatic rings. The van der Waals surface area contributed by atoms with Crippen LogP contribution in [0.5, 0.6) is 0 Å². The van der Waals surface area contributed by atoms with Crippen LogP contribution >= 0.6 is 0 Å². The molecular formula is C4H3F4N. The van der Waals surface area contributed by atoms with Gasteiger partial charge in [-0.1, -0.05) is 0 Å². The fraction of sp³-hybridized carbons (Fsp3) is 0.750. The Kier molecular flexibility index (Phi) is 1.70. The van der Waals surface area contributed by atoms with Gasteiger partial charge in [0.05, 0.1) is 0 Å². The Morgan fingerprint density at radius 2 is 1.56 bits per heavy atom. The van der Waals surface area contributed by atoms with Gasteiger partial charge in [0.2, 0.25) is 0 Å². The molecule has 0 aliphatic carbocycles. The van der Waals surface area contributed by atoms with Crippen molar-refractivity contribution >= 4 is 0 Å². The Morgan fingerprint density at radius 3 is 1.56 bits per heavy atom. The molecule has 5 heteroatoms. The molecule has 1 nitrogen and oxygen atoms in total. The smallest absolute Gasteiger partial charge is 0.217 e. The highest BCUT2D eigenvalue weighted by Gasteiger charge is 2.52. The van der Waals surface area contributed by atoms with Crippen molar-refractivity contribution in [1.82, 2.24) is 0 Å². The minimum atomic E-state index is -5.08. The Bertz CT molecular complexity index is 140. The highest BCUT2D eigenvalue weighted by Crippen LogP contribution is 2.32. The van der Waals surface area contributed by atoms with Crippen LogP contribution in [0.3, 0.4) is 0 Å². The van der Waals surface area contributed by atoms with Gasteiger partial charge in [0.25, 0.3) is 5.67 Å². The summed E-state index contributed by atoms with van der Waals surface area (Å²) in [6.07, 6.45) is -5.08. The maximum Gasteiger partial charge on any atom is 0.435 e. The molecule has 0 heterocycles. The molecule has 0 rings (SSSR count). The molecule has 0 fully saturated rings. The first kappa shape index (κ1) is 8.21. The average Bonchev–Trinajstić information content (AvgIpc) is 1.64. The lowest BCUT2D eigenvalue weighted by Crippen LogP contribution is -2.35. The summed E-state index contributed by atoms with van der Waals surface area (Å²) in [6.45, 7) is 0.174. The summed E-state index contributed by atoms with van der Waals surface area (Å²) in [7, 11) is 0. The monoisotopic (exact) mass is 141 g/mol. The van der Waals surface area contributed by atoms with Gasteiger partial charge in [-0.3, -0.25) is 0 Å². The topological polar surface area (TPSA) is 23.8 Å². The van der Waals surface area contributed by atoms with Crippen molar-refractivity contribution in [2.24, 2.45) is 0 Å². The van der Waals surface area contributed by atoms with E-state index in [0.717, 1.165) is 0 Å². The van der Waals surface area contributed by atoms with E-state index >= 15 is 0 Å². The fourth-order valence-corrected chi connectivity index (χ4v) is 0.0634. The van der Waals surface area contributed by atoms with E-state index in [2.05, 4.69) is 0 Å². The molecule has 0 bridgehead atoms. The van der Waals surface area contributed by atoms with Crippen molar-refractivity contribution in [3.63, 3.8) is 0 Å². The first-order chi connectivity index (χ1) is 3.81. The second-order valence-corrected chi connectivity index (χ2v) is 1.61. The Labute approximate surface area is 48.9 Å². The van der Waals surface area contributed by atoms with Crippen molar-refractivity contribution in [2.45, 2.75) is 18.8 Å². The van der Waals surface area contributed by atoms with Gasteiger partial charge in [-0.25, -0.2) is 4.39 Å². The van der Waals surface area contributed by atoms with Gasteiger partial charge in [-0.05, 0) is 6.92 Å². The highest BCUT2D eigenvalue weighted by atomic mass is 19.4. The fourth-order valence-electron chi connectivity index (χ4n) is 0.0634. The lowest BCUT2D eigenvalue weighted by atomic mass is 10.1. The first-order valence-electron chi connectivity index (χ1n) is 1.98. The predicted octanol–water partition coefficient (Wildman–Crippen LogP) is 1.80. The van der Waals surface area contributed by atoms with Crippen LogP contribution in [-0.4, -0.2) is 11.8 Å². The van der Waals surface area contributed by atoms with Crippen LogP contribution in [-0.2, 0) is 0 Å². The molecule has 0 aliphatic heterocycles. The van der Waals surface area contributed by atoms with Crippen LogP contribution in [0.4, 0.5) is 17.6 Å². The van der Waals surface area contributed by atoms with E-state index in [1.807, 2.05) is 0 Å². The molecule has 1 atom stereocenters. The van der Waals surface area contributed by atoms with Crippen molar-refractivity contribution in [3.8, 4) is 6.07 Å². The summed E-state index contributed by atoms with van der Waals surface area (Å²) < 4.78 is 45.5. The summed E-state index contributed by atoms with van der Waals surface area (Å²) in [6, 6.07) is 0.490. The van der Waals surface area contributed by atoms with Gasteiger partial charge in [0.1, 0.15) is 6.07 Å². The van der Waals surface area contributed by atoms with Crippen LogP contribution in [0.15, 0.2) is 0 Å². The number of nitriles is 1. The summed E-state index contributed by atoms with van der Waals surface area (Å²) in [5, 5.41) is 7.58. The van der Waals surface area contributed by atoms with Crippen molar-refractivity contribution in [3.05, 3.63) is 0 Å². The lowest BCUT2D eigenvalue weighted by Gasteiger charge is -2.14. The van der Waals surface area contributed by atoms with E-state index < -0.39 is 11.8 Å². The Balaban J connectivity index is 4.39. The van der Waals surface area contributed by atoms with Crippen LogP contribution in [0.25, 0.3) is 0 Å². The SMILES string of the molecule is CC(F)(C#N)C(F)(F)F. The zero-order chi connectivity index (χ0) is 7.71. The Hall–Kier alpha value is -0.790. The molecule has 9 heavy (non-hydrogen) atoms. The van der Waals surface area contributed by atoms with Gasteiger partial charge < -0.3 is 0 Å². The maximum absolute atomic E-state index is 11.8. The molecule has 0 aromatic heterocycles. The largest absolute Gasteiger partial charge is 0.435 e. The third-order valence-corrected chi connectivity index (χ3v) is 0.742. The molecular weight excluding hydrogens is 138 g/mol. The lowest BCUT2D eigenvalue weighted by molar-refractivity contribution is -0.202. The van der Waals surface area contributed by atoms with Gasteiger partial charge in [0.15, 0.2) is 0 Å². The van der Waals surface area contributed by atoms with Gasteiger partial charge in [-0.15, -0.1) is 0 Å². The zero-order valence-electron chi connectivity index (χ0n) is 4.46. The summed E-state index contributed by atoms with van der Waals surface area (Å²) in [5.74, 6) is 0. The molecule has 1 unspecified atom stereocenters. The normalized spacial score (nSPS) is 18.2. The molecule has 0 aromatic carbocycles. The Morgan fingerprint density at radius 1 is 1.22 bits per heavy atom. The van der Waals surface area contributed by atoms with Crippen molar-refractivity contribution < 1.29 is 17.6 Å². The van der Waals surface area contributed by atoms with Gasteiger partial charge in [0, 0.05) is 0 Å². The molecule has 52 valence electrons. The molecule has 0 aromatic rings. The number of rotatable bonds is 0. The number of halogens is 4. The van der Waals surface area contributed by atoms with Gasteiger partial charge in [-0.2, -0.15) is 18.4 Å². The third kappa shape index (κ3) is 1.56. The quantitative estimate of drug-likeness (QED) is 0.472. The third-order valence-electron chi connectivity index (χ3n) is 0.742. The molecule has 0 radical (unpaired) electrons. The molecule has 0 spiro atoms. The average molecular weight is 141 g/mol. The number of nitrogens with zero attached hydrogens (tertiary/aromatic N) is 1. The molecule has 0 amide bonds. The predicted molar refractivity (Wildman–Crippen MR) is 21.2 cm³/mol. The van der Waals surface area contributed by atoms with E-state index in [-0.39, 0.29) is 6.92 Å². The van der Waals surface area contributed by atoms with Crippen LogP contribution in [0.1, 0.15) is 6.92 Å². The number of alkyl halides is 4. The van der Waals surface area contributed by atoms with Gasteiger partial charge >= 0.3 is 6.18 Å². The van der Waals surface area contributed by atoms with Crippen LogP contribution in [0, 0.1) is 11.3 Å². The standard InChI is InChI=1S/C4H3F4N/c1-3(5,2-9)4(6,7)8/h1H3. The van der Waals surface area contributed by atoms with E-state index in [0.29, 0.717) is 6.07 Å². The highest BCUT2D eigenvalue weighted by molar-refractivity contribution is 5.02. The minimum Gasteiger partial charge on any atom is -0.217 e. The summed E-state index contributed by atoms with van der Waals surface area (Å²) >= 11 is 0. The molecule has 0 saturated carbocycles. The van der Waals surface area contributed by atoms with E-state index in [1.165, 1.54) is 0 Å². The second-order valence-electron chi connectivity index (χ2n) is 1.61. The summed E-state index contributed by atoms with van der Waals surface area (Å²) in [5.41, 5.74) is -3.72. The maximum atomic E-state index is 11.8. The van der Waals surface area contributed by atoms with Crippen molar-refractivity contribution in [2.75, 3.05) is 0 Å². The van der Waals surface area contributed by atoms with Crippen LogP contribution in [0.2, 0.25) is 0 Å². The first-order valence-corrected chi connectivity index (χ1v) is 1.98. The molecule has 0 N–H and O–H groups in total. The van der Waals surface area contributed by atoms with E-state index in [9.17, 15) is 17.6 Å². The summed E-state index contributed by atoms with van der Waals surface area (Å²) in [4.78, 5) is 0. The minimum absolute atomic E-state index is 0.174.